The van der Waals surface area contributed by atoms with Crippen LogP contribution in [-0.4, -0.2) is 22.8 Å². The second-order valence-corrected chi connectivity index (χ2v) is 5.88. The van der Waals surface area contributed by atoms with E-state index in [4.69, 9.17) is 4.74 Å². The number of nitro benzene ring substituents is 1. The summed E-state index contributed by atoms with van der Waals surface area (Å²) in [4.78, 5) is 34.0. The van der Waals surface area contributed by atoms with E-state index < -0.39 is 22.8 Å². The first kappa shape index (κ1) is 18.4. The maximum Gasteiger partial charge on any atom is 0.279 e. The molecular formula is C16H14BrN3O5. The molecule has 8 nitrogen and oxygen atoms in total. The molecule has 0 aliphatic rings. The number of non-ortho nitro benzene ring substituents is 1. The van der Waals surface area contributed by atoms with Crippen LogP contribution in [0.4, 0.5) is 5.69 Å². The molecule has 0 spiro atoms. The molecule has 0 saturated heterocycles. The number of hydrogen-bond donors (Lipinski definition) is 2. The van der Waals surface area contributed by atoms with Crippen molar-refractivity contribution in [1.29, 1.82) is 0 Å². The Labute approximate surface area is 151 Å². The van der Waals surface area contributed by atoms with Crippen molar-refractivity contribution in [2.24, 2.45) is 0 Å². The lowest BCUT2D eigenvalue weighted by molar-refractivity contribution is -0.384. The molecule has 0 unspecified atom stereocenters. The zero-order chi connectivity index (χ0) is 18.4. The third kappa shape index (κ3) is 5.28. The third-order valence-electron chi connectivity index (χ3n) is 3.11. The zero-order valence-electron chi connectivity index (χ0n) is 13.1. The Hall–Kier alpha value is -2.94. The van der Waals surface area contributed by atoms with E-state index in [1.165, 1.54) is 25.1 Å². The van der Waals surface area contributed by atoms with Crippen LogP contribution in [0.3, 0.4) is 0 Å². The minimum atomic E-state index is -0.855. The molecule has 2 aromatic carbocycles. The molecule has 0 saturated carbocycles. The summed E-state index contributed by atoms with van der Waals surface area (Å²) in [6, 6.07) is 12.1. The van der Waals surface area contributed by atoms with E-state index in [1.54, 1.807) is 24.3 Å². The van der Waals surface area contributed by atoms with E-state index >= 15 is 0 Å². The summed E-state index contributed by atoms with van der Waals surface area (Å²) >= 11 is 3.29. The summed E-state index contributed by atoms with van der Waals surface area (Å²) in [6.45, 7) is 1.52. The fourth-order valence-corrected chi connectivity index (χ4v) is 2.09. The van der Waals surface area contributed by atoms with Crippen LogP contribution in [0, 0.1) is 10.1 Å². The number of rotatable bonds is 5. The molecule has 25 heavy (non-hydrogen) atoms. The van der Waals surface area contributed by atoms with Crippen LogP contribution in [0.1, 0.15) is 17.3 Å². The molecule has 0 heterocycles. The molecule has 2 rings (SSSR count). The van der Waals surface area contributed by atoms with E-state index in [-0.39, 0.29) is 11.3 Å². The van der Waals surface area contributed by atoms with Crippen molar-refractivity contribution in [2.45, 2.75) is 13.0 Å². The van der Waals surface area contributed by atoms with Gasteiger partial charge in [0.1, 0.15) is 5.75 Å². The normalized spacial score (nSPS) is 11.3. The summed E-state index contributed by atoms with van der Waals surface area (Å²) in [5, 5.41) is 10.7. The second-order valence-electron chi connectivity index (χ2n) is 4.96. The van der Waals surface area contributed by atoms with Gasteiger partial charge in [-0.05, 0) is 37.3 Å². The van der Waals surface area contributed by atoms with Gasteiger partial charge in [0.05, 0.1) is 4.92 Å². The van der Waals surface area contributed by atoms with E-state index in [1.807, 2.05) is 0 Å². The van der Waals surface area contributed by atoms with Gasteiger partial charge in [-0.25, -0.2) is 0 Å². The molecule has 130 valence electrons. The highest BCUT2D eigenvalue weighted by molar-refractivity contribution is 9.10. The predicted octanol–water partition coefficient (Wildman–Crippen LogP) is 2.59. The van der Waals surface area contributed by atoms with Crippen LogP contribution in [0.15, 0.2) is 53.0 Å². The van der Waals surface area contributed by atoms with Crippen LogP contribution in [0.5, 0.6) is 5.75 Å². The van der Waals surface area contributed by atoms with E-state index in [0.717, 1.165) is 10.5 Å². The Balaban J connectivity index is 1.90. The molecule has 0 fully saturated rings. The molecule has 9 heteroatoms. The lowest BCUT2D eigenvalue weighted by Crippen LogP contribution is -2.47. The van der Waals surface area contributed by atoms with Gasteiger partial charge >= 0.3 is 0 Å². The molecule has 2 N–H and O–H groups in total. The summed E-state index contributed by atoms with van der Waals surface area (Å²) in [7, 11) is 0. The summed E-state index contributed by atoms with van der Waals surface area (Å²) in [6.07, 6.45) is -0.855. The average Bonchev–Trinajstić information content (AvgIpc) is 2.61. The number of nitrogens with zero attached hydrogens (tertiary/aromatic N) is 1. The van der Waals surface area contributed by atoms with Gasteiger partial charge in [0.25, 0.3) is 17.5 Å². The first-order chi connectivity index (χ1) is 11.9. The largest absolute Gasteiger partial charge is 0.481 e. The summed E-state index contributed by atoms with van der Waals surface area (Å²) in [5.41, 5.74) is 4.25. The lowest BCUT2D eigenvalue weighted by atomic mass is 10.2. The standard InChI is InChI=1S/C16H14BrN3O5/c1-10(25-14-7-5-12(17)6-8-14)15(21)18-19-16(22)11-3-2-4-13(9-11)20(23)24/h2-10H,1H3,(H,18,21)(H,19,22)/t10-/m1/s1. The number of benzene rings is 2. The number of carbonyl (C=O) groups excluding carboxylic acids is 2. The van der Waals surface area contributed by atoms with Crippen molar-refractivity contribution in [3.05, 3.63) is 68.7 Å². The zero-order valence-corrected chi connectivity index (χ0v) is 14.6. The number of hydrogen-bond acceptors (Lipinski definition) is 5. The molecular weight excluding hydrogens is 394 g/mol. The molecule has 0 radical (unpaired) electrons. The lowest BCUT2D eigenvalue weighted by Gasteiger charge is -2.15. The second kappa shape index (κ2) is 8.25. The Kier molecular flexibility index (Phi) is 6.07. The van der Waals surface area contributed by atoms with Crippen molar-refractivity contribution in [3.63, 3.8) is 0 Å². The molecule has 0 aliphatic carbocycles. The van der Waals surface area contributed by atoms with Gasteiger partial charge in [0.15, 0.2) is 6.10 Å². The van der Waals surface area contributed by atoms with Crippen molar-refractivity contribution in [3.8, 4) is 5.75 Å². The number of ether oxygens (including phenoxy) is 1. The number of hydrazine groups is 1. The highest BCUT2D eigenvalue weighted by Gasteiger charge is 2.17. The van der Waals surface area contributed by atoms with Crippen molar-refractivity contribution >= 4 is 33.4 Å². The molecule has 0 aromatic heterocycles. The molecule has 2 aromatic rings. The fourth-order valence-electron chi connectivity index (χ4n) is 1.82. The van der Waals surface area contributed by atoms with Gasteiger partial charge in [-0.3, -0.25) is 30.6 Å². The number of halogens is 1. The predicted molar refractivity (Wildman–Crippen MR) is 92.9 cm³/mol. The molecule has 0 aliphatic heterocycles. The van der Waals surface area contributed by atoms with Gasteiger partial charge in [0.2, 0.25) is 0 Å². The third-order valence-corrected chi connectivity index (χ3v) is 3.64. The van der Waals surface area contributed by atoms with Crippen LogP contribution < -0.4 is 15.6 Å². The van der Waals surface area contributed by atoms with Crippen LogP contribution in [0.2, 0.25) is 0 Å². The Bertz CT molecular complexity index is 795. The summed E-state index contributed by atoms with van der Waals surface area (Å²) in [5.74, 6) is -0.745. The SMILES string of the molecule is C[C@@H](Oc1ccc(Br)cc1)C(=O)NNC(=O)c1cccc([N+](=O)[O-])c1. The average molecular weight is 408 g/mol. The van der Waals surface area contributed by atoms with Crippen LogP contribution in [0.25, 0.3) is 0 Å². The van der Waals surface area contributed by atoms with E-state index in [2.05, 4.69) is 26.8 Å². The van der Waals surface area contributed by atoms with Gasteiger partial charge in [-0.2, -0.15) is 0 Å². The van der Waals surface area contributed by atoms with E-state index in [0.29, 0.717) is 5.75 Å². The fraction of sp³-hybridized carbons (Fsp3) is 0.125. The smallest absolute Gasteiger partial charge is 0.279 e. The first-order valence-corrected chi connectivity index (χ1v) is 7.93. The monoisotopic (exact) mass is 407 g/mol. The topological polar surface area (TPSA) is 111 Å². The Morgan fingerprint density at radius 1 is 1.16 bits per heavy atom. The molecule has 0 bridgehead atoms. The minimum Gasteiger partial charge on any atom is -0.481 e. The molecule has 1 atom stereocenters. The van der Waals surface area contributed by atoms with Crippen molar-refractivity contribution in [2.75, 3.05) is 0 Å². The van der Waals surface area contributed by atoms with Gasteiger partial charge in [-0.1, -0.05) is 22.0 Å². The minimum absolute atomic E-state index is 0.0518. The maximum atomic E-state index is 12.0. The number of amides is 2. The van der Waals surface area contributed by atoms with Gasteiger partial charge < -0.3 is 4.74 Å². The Morgan fingerprint density at radius 3 is 2.48 bits per heavy atom. The van der Waals surface area contributed by atoms with Crippen LogP contribution in [-0.2, 0) is 4.79 Å². The Morgan fingerprint density at radius 2 is 1.84 bits per heavy atom. The van der Waals surface area contributed by atoms with E-state index in [9.17, 15) is 19.7 Å². The number of nitrogens with one attached hydrogen (secondary N) is 2. The highest BCUT2D eigenvalue weighted by Crippen LogP contribution is 2.17. The summed E-state index contributed by atoms with van der Waals surface area (Å²) < 4.78 is 6.32. The number of nitro groups is 1. The molecule has 2 amide bonds. The van der Waals surface area contributed by atoms with Gasteiger partial charge in [-0.15, -0.1) is 0 Å². The quantitative estimate of drug-likeness (QED) is 0.584. The van der Waals surface area contributed by atoms with Crippen molar-refractivity contribution in [1.82, 2.24) is 10.9 Å². The highest BCUT2D eigenvalue weighted by atomic mass is 79.9. The van der Waals surface area contributed by atoms with Gasteiger partial charge in [0, 0.05) is 22.2 Å². The van der Waals surface area contributed by atoms with Crippen molar-refractivity contribution < 1.29 is 19.2 Å². The van der Waals surface area contributed by atoms with Crippen LogP contribution >= 0.6 is 15.9 Å². The maximum absolute atomic E-state index is 12.0. The number of carbonyl (C=O) groups is 2. The first-order valence-electron chi connectivity index (χ1n) is 7.13.